The van der Waals surface area contributed by atoms with Gasteiger partial charge in [-0.1, -0.05) is 11.6 Å². The maximum Gasteiger partial charge on any atom is 0.342 e. The van der Waals surface area contributed by atoms with Crippen molar-refractivity contribution in [3.63, 3.8) is 0 Å². The molecule has 0 atom stereocenters. The van der Waals surface area contributed by atoms with Crippen LogP contribution in [0.1, 0.15) is 12.1 Å². The standard InChI is InChI=1S/C12H11ClN4O3/c13-7-1-3-8(4-2-7)14-10(18)6-5-9-11(19)15-12(20)17-16-9/h1-4H,5-6H2,(H,14,18)(H2,15,17,19,20). The van der Waals surface area contributed by atoms with Crippen molar-refractivity contribution in [3.8, 4) is 0 Å². The van der Waals surface area contributed by atoms with Gasteiger partial charge in [0.05, 0.1) is 0 Å². The summed E-state index contributed by atoms with van der Waals surface area (Å²) < 4.78 is 0. The van der Waals surface area contributed by atoms with Crippen LogP contribution in [0.25, 0.3) is 0 Å². The van der Waals surface area contributed by atoms with Crippen molar-refractivity contribution in [2.75, 3.05) is 5.32 Å². The van der Waals surface area contributed by atoms with E-state index >= 15 is 0 Å². The third-order valence-electron chi connectivity index (χ3n) is 2.50. The molecule has 0 unspecified atom stereocenters. The van der Waals surface area contributed by atoms with Crippen LogP contribution in [-0.2, 0) is 11.2 Å². The third-order valence-corrected chi connectivity index (χ3v) is 2.75. The van der Waals surface area contributed by atoms with E-state index in [0.29, 0.717) is 10.7 Å². The number of nitrogens with one attached hydrogen (secondary N) is 3. The molecular weight excluding hydrogens is 284 g/mol. The van der Waals surface area contributed by atoms with Crippen molar-refractivity contribution in [2.24, 2.45) is 0 Å². The number of rotatable bonds is 4. The molecule has 0 bridgehead atoms. The van der Waals surface area contributed by atoms with Gasteiger partial charge in [-0.25, -0.2) is 9.89 Å². The second-order valence-electron chi connectivity index (χ2n) is 4.01. The van der Waals surface area contributed by atoms with Gasteiger partial charge in [0.15, 0.2) is 0 Å². The molecular formula is C12H11ClN4O3. The molecule has 2 aromatic rings. The predicted octanol–water partition coefficient (Wildman–Crippen LogP) is 0.683. The van der Waals surface area contributed by atoms with Crippen molar-refractivity contribution in [2.45, 2.75) is 12.8 Å². The highest BCUT2D eigenvalue weighted by Crippen LogP contribution is 2.13. The van der Waals surface area contributed by atoms with Crippen LogP contribution in [0.2, 0.25) is 5.02 Å². The first-order valence-corrected chi connectivity index (χ1v) is 6.16. The Kier molecular flexibility index (Phi) is 4.31. The second-order valence-corrected chi connectivity index (χ2v) is 4.45. The lowest BCUT2D eigenvalue weighted by atomic mass is 10.2. The molecule has 104 valence electrons. The Morgan fingerprint density at radius 3 is 2.60 bits per heavy atom. The molecule has 0 aliphatic carbocycles. The maximum absolute atomic E-state index is 11.7. The first-order valence-electron chi connectivity index (χ1n) is 5.78. The van der Waals surface area contributed by atoms with E-state index in [9.17, 15) is 14.4 Å². The van der Waals surface area contributed by atoms with Crippen LogP contribution in [0.5, 0.6) is 0 Å². The number of nitrogens with zero attached hydrogens (tertiary/aromatic N) is 1. The molecule has 8 heteroatoms. The number of anilines is 1. The summed E-state index contributed by atoms with van der Waals surface area (Å²) in [6.45, 7) is 0. The normalized spacial score (nSPS) is 10.2. The Hall–Kier alpha value is -2.41. The minimum atomic E-state index is -0.677. The van der Waals surface area contributed by atoms with Gasteiger partial charge >= 0.3 is 5.69 Å². The Labute approximate surface area is 118 Å². The van der Waals surface area contributed by atoms with Crippen molar-refractivity contribution >= 4 is 23.2 Å². The van der Waals surface area contributed by atoms with Crippen LogP contribution >= 0.6 is 11.6 Å². The summed E-state index contributed by atoms with van der Waals surface area (Å²) >= 11 is 5.73. The van der Waals surface area contributed by atoms with Gasteiger partial charge in [0.1, 0.15) is 5.69 Å². The molecule has 1 aromatic carbocycles. The lowest BCUT2D eigenvalue weighted by molar-refractivity contribution is -0.116. The number of amides is 1. The summed E-state index contributed by atoms with van der Waals surface area (Å²) in [5.74, 6) is -0.264. The molecule has 0 fully saturated rings. The quantitative estimate of drug-likeness (QED) is 0.770. The van der Waals surface area contributed by atoms with Gasteiger partial charge in [0, 0.05) is 23.6 Å². The van der Waals surface area contributed by atoms with Crippen LogP contribution in [0.15, 0.2) is 33.9 Å². The first kappa shape index (κ1) is 14.0. The highest BCUT2D eigenvalue weighted by molar-refractivity contribution is 6.30. The van der Waals surface area contributed by atoms with Crippen molar-refractivity contribution in [1.29, 1.82) is 0 Å². The molecule has 1 aromatic heterocycles. The van der Waals surface area contributed by atoms with Gasteiger partial charge in [-0.05, 0) is 24.3 Å². The second kappa shape index (κ2) is 6.16. The van der Waals surface area contributed by atoms with E-state index in [1.165, 1.54) is 0 Å². The summed E-state index contributed by atoms with van der Waals surface area (Å²) in [4.78, 5) is 35.9. The maximum atomic E-state index is 11.7. The number of carbonyl (C=O) groups excluding carboxylic acids is 1. The predicted molar refractivity (Wildman–Crippen MR) is 73.9 cm³/mol. The average Bonchev–Trinajstić information content (AvgIpc) is 2.40. The summed E-state index contributed by atoms with van der Waals surface area (Å²) in [6.07, 6.45) is 0.205. The van der Waals surface area contributed by atoms with E-state index < -0.39 is 11.2 Å². The number of halogens is 1. The molecule has 0 spiro atoms. The zero-order valence-electron chi connectivity index (χ0n) is 10.3. The van der Waals surface area contributed by atoms with E-state index in [0.717, 1.165) is 0 Å². The molecule has 7 nitrogen and oxygen atoms in total. The molecule has 0 aliphatic heterocycles. The van der Waals surface area contributed by atoms with Gasteiger partial charge in [-0.3, -0.25) is 14.6 Å². The SMILES string of the molecule is O=C(CCc1n[nH]c(=O)[nH]c1=O)Nc1ccc(Cl)cc1. The smallest absolute Gasteiger partial charge is 0.326 e. The van der Waals surface area contributed by atoms with Crippen LogP contribution in [-0.4, -0.2) is 21.1 Å². The molecule has 2 rings (SSSR count). The third kappa shape index (κ3) is 3.79. The monoisotopic (exact) mass is 294 g/mol. The minimum Gasteiger partial charge on any atom is -0.326 e. The fourth-order valence-corrected chi connectivity index (χ4v) is 1.66. The fraction of sp³-hybridized carbons (Fsp3) is 0.167. The fourth-order valence-electron chi connectivity index (χ4n) is 1.53. The largest absolute Gasteiger partial charge is 0.342 e. The van der Waals surface area contributed by atoms with Crippen LogP contribution in [0.4, 0.5) is 5.69 Å². The summed E-state index contributed by atoms with van der Waals surface area (Å²) in [6, 6.07) is 6.66. The zero-order chi connectivity index (χ0) is 14.5. The number of hydrogen-bond acceptors (Lipinski definition) is 4. The molecule has 3 N–H and O–H groups in total. The molecule has 0 aliphatic rings. The molecule has 0 saturated heterocycles. The van der Waals surface area contributed by atoms with E-state index in [2.05, 4.69) is 15.5 Å². The van der Waals surface area contributed by atoms with E-state index in [1.807, 2.05) is 4.98 Å². The number of benzene rings is 1. The van der Waals surface area contributed by atoms with Crippen molar-refractivity contribution in [3.05, 3.63) is 55.8 Å². The van der Waals surface area contributed by atoms with Gasteiger partial charge in [0.25, 0.3) is 5.56 Å². The van der Waals surface area contributed by atoms with E-state index in [-0.39, 0.29) is 24.4 Å². The summed E-state index contributed by atoms with van der Waals surface area (Å²) in [7, 11) is 0. The zero-order valence-corrected chi connectivity index (χ0v) is 11.0. The molecule has 1 heterocycles. The lowest BCUT2D eigenvalue weighted by Gasteiger charge is -2.04. The highest BCUT2D eigenvalue weighted by atomic mass is 35.5. The Balaban J connectivity index is 1.93. The Bertz CT molecular complexity index is 720. The molecule has 20 heavy (non-hydrogen) atoms. The number of H-pyrrole nitrogens is 2. The van der Waals surface area contributed by atoms with Gasteiger partial charge in [-0.15, -0.1) is 0 Å². The first-order chi connectivity index (χ1) is 9.54. The van der Waals surface area contributed by atoms with Gasteiger partial charge in [0.2, 0.25) is 5.91 Å². The van der Waals surface area contributed by atoms with Gasteiger partial charge < -0.3 is 5.32 Å². The minimum absolute atomic E-state index is 0.0742. The van der Waals surface area contributed by atoms with Crippen molar-refractivity contribution in [1.82, 2.24) is 15.2 Å². The number of carbonyl (C=O) groups is 1. The van der Waals surface area contributed by atoms with E-state index in [4.69, 9.17) is 11.6 Å². The number of aryl methyl sites for hydroxylation is 1. The van der Waals surface area contributed by atoms with Gasteiger partial charge in [-0.2, -0.15) is 5.10 Å². The number of hydrogen-bond donors (Lipinski definition) is 3. The van der Waals surface area contributed by atoms with Crippen LogP contribution in [0, 0.1) is 0 Å². The Morgan fingerprint density at radius 1 is 1.25 bits per heavy atom. The van der Waals surface area contributed by atoms with Crippen molar-refractivity contribution < 1.29 is 4.79 Å². The molecule has 0 saturated carbocycles. The molecule has 1 amide bonds. The average molecular weight is 295 g/mol. The number of aromatic amines is 2. The topological polar surface area (TPSA) is 108 Å². The van der Waals surface area contributed by atoms with E-state index in [1.54, 1.807) is 24.3 Å². The van der Waals surface area contributed by atoms with Crippen LogP contribution in [0.3, 0.4) is 0 Å². The van der Waals surface area contributed by atoms with Crippen LogP contribution < -0.4 is 16.6 Å². The molecule has 0 radical (unpaired) electrons. The summed E-state index contributed by atoms with van der Waals surface area (Å²) in [5.41, 5.74) is -0.545. The number of aromatic nitrogens is 3. The highest BCUT2D eigenvalue weighted by Gasteiger charge is 2.07. The Morgan fingerprint density at radius 2 is 1.95 bits per heavy atom. The lowest BCUT2D eigenvalue weighted by Crippen LogP contribution is -2.28. The summed E-state index contributed by atoms with van der Waals surface area (Å²) in [5, 5.41) is 8.94.